The Morgan fingerprint density at radius 2 is 2.17 bits per heavy atom. The molecule has 0 unspecified atom stereocenters. The van der Waals surface area contributed by atoms with Crippen LogP contribution in [0.5, 0.6) is 5.75 Å². The van der Waals surface area contributed by atoms with E-state index >= 15 is 0 Å². The van der Waals surface area contributed by atoms with Crippen molar-refractivity contribution in [2.24, 2.45) is 0 Å². The van der Waals surface area contributed by atoms with Gasteiger partial charge in [-0.15, -0.1) is 0 Å². The number of methoxy groups -OCH3 is 1. The summed E-state index contributed by atoms with van der Waals surface area (Å²) in [5, 5.41) is 6.96. The van der Waals surface area contributed by atoms with Crippen molar-refractivity contribution >= 4 is 11.6 Å². The van der Waals surface area contributed by atoms with Gasteiger partial charge in [0.2, 0.25) is 5.91 Å². The second-order valence-electron chi connectivity index (χ2n) is 5.28. The smallest absolute Gasteiger partial charge is 0.267 e. The molecule has 0 fully saturated rings. The van der Waals surface area contributed by atoms with Crippen LogP contribution in [-0.4, -0.2) is 22.8 Å². The Kier molecular flexibility index (Phi) is 4.12. The quantitative estimate of drug-likeness (QED) is 0.924. The molecule has 0 saturated heterocycles. The molecule has 0 spiro atoms. The summed E-state index contributed by atoms with van der Waals surface area (Å²) >= 11 is 0. The fraction of sp³-hybridized carbons (Fsp3) is 0.312. The van der Waals surface area contributed by atoms with Gasteiger partial charge in [0, 0.05) is 17.3 Å². The molecule has 0 bridgehead atoms. The lowest BCUT2D eigenvalue weighted by Crippen LogP contribution is -2.30. The molecular weight excluding hydrogens is 298 g/mol. The minimum atomic E-state index is -0.323. The summed E-state index contributed by atoms with van der Waals surface area (Å²) in [6, 6.07) is 8.42. The van der Waals surface area contributed by atoms with E-state index in [1.54, 1.807) is 31.4 Å². The van der Waals surface area contributed by atoms with Crippen LogP contribution in [0.3, 0.4) is 0 Å². The standard InChI is InChI=1S/C16H17N3O4/c1-10-16-11(9-23-10)7-15(21)19(18-16)8-14(20)17-12-3-5-13(22-2)6-4-12/h3-7,10H,8-9H2,1-2H3,(H,17,20)/t10-/m0/s1. The number of hydrogen-bond donors (Lipinski definition) is 1. The lowest BCUT2D eigenvalue weighted by Gasteiger charge is -2.09. The lowest BCUT2D eigenvalue weighted by atomic mass is 10.2. The summed E-state index contributed by atoms with van der Waals surface area (Å²) in [7, 11) is 1.57. The van der Waals surface area contributed by atoms with Gasteiger partial charge < -0.3 is 14.8 Å². The van der Waals surface area contributed by atoms with Gasteiger partial charge in [0.15, 0.2) is 0 Å². The summed E-state index contributed by atoms with van der Waals surface area (Å²) < 4.78 is 11.6. The van der Waals surface area contributed by atoms with E-state index in [-0.39, 0.29) is 24.1 Å². The summed E-state index contributed by atoms with van der Waals surface area (Å²) in [5.41, 5.74) is 1.81. The lowest BCUT2D eigenvalue weighted by molar-refractivity contribution is -0.117. The maximum Gasteiger partial charge on any atom is 0.267 e. The molecule has 7 nitrogen and oxygen atoms in total. The molecule has 0 saturated carbocycles. The molecule has 3 rings (SSSR count). The minimum Gasteiger partial charge on any atom is -0.497 e. The topological polar surface area (TPSA) is 82.5 Å². The van der Waals surface area contributed by atoms with Gasteiger partial charge in [-0.1, -0.05) is 0 Å². The largest absolute Gasteiger partial charge is 0.497 e. The van der Waals surface area contributed by atoms with E-state index in [0.717, 1.165) is 10.2 Å². The Balaban J connectivity index is 1.72. The average molecular weight is 315 g/mol. The van der Waals surface area contributed by atoms with Crippen molar-refractivity contribution in [3.05, 3.63) is 51.9 Å². The molecule has 1 amide bonds. The first-order valence-corrected chi connectivity index (χ1v) is 7.23. The number of fused-ring (bicyclic) bond motifs is 1. The number of carbonyl (C=O) groups excluding carboxylic acids is 1. The number of anilines is 1. The highest BCUT2D eigenvalue weighted by Crippen LogP contribution is 2.26. The summed E-state index contributed by atoms with van der Waals surface area (Å²) in [6.07, 6.45) is -0.165. The van der Waals surface area contributed by atoms with E-state index in [0.29, 0.717) is 23.7 Å². The van der Waals surface area contributed by atoms with Crippen molar-refractivity contribution in [1.82, 2.24) is 9.78 Å². The van der Waals surface area contributed by atoms with E-state index in [4.69, 9.17) is 9.47 Å². The van der Waals surface area contributed by atoms with Crippen LogP contribution in [0.1, 0.15) is 24.3 Å². The van der Waals surface area contributed by atoms with Crippen LogP contribution >= 0.6 is 0 Å². The first-order chi connectivity index (χ1) is 11.1. The van der Waals surface area contributed by atoms with E-state index in [1.165, 1.54) is 6.07 Å². The molecule has 0 aliphatic carbocycles. The number of aromatic nitrogens is 2. The molecule has 1 aliphatic heterocycles. The second-order valence-corrected chi connectivity index (χ2v) is 5.28. The number of nitrogens with zero attached hydrogens (tertiary/aromatic N) is 2. The van der Waals surface area contributed by atoms with Crippen LogP contribution in [0, 0.1) is 0 Å². The summed E-state index contributed by atoms with van der Waals surface area (Å²) in [5.74, 6) is 0.379. The molecule has 2 aromatic rings. The van der Waals surface area contributed by atoms with Crippen molar-refractivity contribution in [2.75, 3.05) is 12.4 Å². The minimum absolute atomic E-state index is 0.148. The van der Waals surface area contributed by atoms with Crippen molar-refractivity contribution < 1.29 is 14.3 Å². The highest BCUT2D eigenvalue weighted by atomic mass is 16.5. The van der Waals surface area contributed by atoms with E-state index in [1.807, 2.05) is 6.92 Å². The fourth-order valence-corrected chi connectivity index (χ4v) is 2.42. The van der Waals surface area contributed by atoms with Gasteiger partial charge in [-0.25, -0.2) is 4.68 Å². The van der Waals surface area contributed by atoms with Gasteiger partial charge in [0.05, 0.1) is 25.5 Å². The third kappa shape index (κ3) is 3.24. The Labute approximate surface area is 132 Å². The second kappa shape index (κ2) is 6.21. The van der Waals surface area contributed by atoms with Gasteiger partial charge in [-0.3, -0.25) is 9.59 Å². The number of benzene rings is 1. The van der Waals surface area contributed by atoms with E-state index < -0.39 is 0 Å². The van der Waals surface area contributed by atoms with Crippen LogP contribution in [0.15, 0.2) is 35.1 Å². The number of amides is 1. The number of rotatable bonds is 4. The first kappa shape index (κ1) is 15.2. The summed E-state index contributed by atoms with van der Waals surface area (Å²) in [4.78, 5) is 24.1. The van der Waals surface area contributed by atoms with Crippen molar-refractivity contribution in [1.29, 1.82) is 0 Å². The molecule has 2 heterocycles. The maximum atomic E-state index is 12.1. The van der Waals surface area contributed by atoms with Crippen LogP contribution in [0.25, 0.3) is 0 Å². The zero-order valence-electron chi connectivity index (χ0n) is 12.9. The summed E-state index contributed by atoms with van der Waals surface area (Å²) in [6.45, 7) is 2.10. The Morgan fingerprint density at radius 1 is 1.43 bits per heavy atom. The highest BCUT2D eigenvalue weighted by molar-refractivity contribution is 5.90. The third-order valence-electron chi connectivity index (χ3n) is 3.65. The van der Waals surface area contributed by atoms with Gasteiger partial charge >= 0.3 is 0 Å². The molecule has 7 heteroatoms. The average Bonchev–Trinajstić information content (AvgIpc) is 2.89. The van der Waals surface area contributed by atoms with Crippen LogP contribution in [0.2, 0.25) is 0 Å². The van der Waals surface area contributed by atoms with Gasteiger partial charge in [-0.05, 0) is 31.2 Å². The fourth-order valence-electron chi connectivity index (χ4n) is 2.42. The zero-order valence-corrected chi connectivity index (χ0v) is 12.9. The van der Waals surface area contributed by atoms with Crippen LogP contribution in [0.4, 0.5) is 5.69 Å². The molecule has 23 heavy (non-hydrogen) atoms. The zero-order chi connectivity index (χ0) is 16.4. The predicted molar refractivity (Wildman–Crippen MR) is 83.3 cm³/mol. The number of nitrogens with one attached hydrogen (secondary N) is 1. The van der Waals surface area contributed by atoms with Gasteiger partial charge in [0.1, 0.15) is 12.3 Å². The highest BCUT2D eigenvalue weighted by Gasteiger charge is 2.23. The molecule has 1 aromatic heterocycles. The van der Waals surface area contributed by atoms with E-state index in [9.17, 15) is 9.59 Å². The van der Waals surface area contributed by atoms with Crippen molar-refractivity contribution in [2.45, 2.75) is 26.2 Å². The SMILES string of the molecule is COc1ccc(NC(=O)Cn2nc3c(cc2=O)CO[C@H]3C)cc1. The molecular formula is C16H17N3O4. The van der Waals surface area contributed by atoms with Crippen molar-refractivity contribution in [3.63, 3.8) is 0 Å². The molecule has 120 valence electrons. The van der Waals surface area contributed by atoms with Crippen molar-refractivity contribution in [3.8, 4) is 5.75 Å². The molecule has 0 radical (unpaired) electrons. The monoisotopic (exact) mass is 315 g/mol. The van der Waals surface area contributed by atoms with Gasteiger partial charge in [-0.2, -0.15) is 5.10 Å². The third-order valence-corrected chi connectivity index (χ3v) is 3.65. The van der Waals surface area contributed by atoms with Crippen LogP contribution in [-0.2, 0) is 22.7 Å². The van der Waals surface area contributed by atoms with Gasteiger partial charge in [0.25, 0.3) is 5.56 Å². The first-order valence-electron chi connectivity index (χ1n) is 7.23. The van der Waals surface area contributed by atoms with Crippen LogP contribution < -0.4 is 15.6 Å². The predicted octanol–water partition coefficient (Wildman–Crippen LogP) is 1.48. The number of carbonyl (C=O) groups is 1. The number of ether oxygens (including phenoxy) is 2. The Morgan fingerprint density at radius 3 is 2.87 bits per heavy atom. The normalized spacial score (nSPS) is 16.0. The number of hydrogen-bond acceptors (Lipinski definition) is 5. The molecule has 1 N–H and O–H groups in total. The Hall–Kier alpha value is -2.67. The molecule has 1 atom stereocenters. The Bertz CT molecular complexity index is 783. The van der Waals surface area contributed by atoms with E-state index in [2.05, 4.69) is 10.4 Å². The molecule has 1 aliphatic rings. The molecule has 1 aromatic carbocycles. The maximum absolute atomic E-state index is 12.1.